The first kappa shape index (κ1) is 21.1. The van der Waals surface area contributed by atoms with Gasteiger partial charge < -0.3 is 15.2 Å². The molecule has 0 atom stereocenters. The van der Waals surface area contributed by atoms with Crippen LogP contribution in [0.2, 0.25) is 0 Å². The van der Waals surface area contributed by atoms with Crippen molar-refractivity contribution in [1.82, 2.24) is 4.90 Å². The van der Waals surface area contributed by atoms with Crippen LogP contribution >= 0.6 is 11.8 Å². The lowest BCUT2D eigenvalue weighted by molar-refractivity contribution is -0.121. The van der Waals surface area contributed by atoms with Gasteiger partial charge in [0.25, 0.3) is 11.8 Å². The molecular formula is C21H19N3O5S. The van der Waals surface area contributed by atoms with Crippen molar-refractivity contribution < 1.29 is 23.9 Å². The Balaban J connectivity index is 1.88. The number of benzene rings is 2. The predicted octanol–water partition coefficient (Wildman–Crippen LogP) is 2.57. The minimum absolute atomic E-state index is 0.229. The van der Waals surface area contributed by atoms with E-state index in [1.807, 2.05) is 0 Å². The van der Waals surface area contributed by atoms with Gasteiger partial charge in [0.05, 0.1) is 23.3 Å². The second-order valence-electron chi connectivity index (χ2n) is 6.20. The molecule has 0 spiro atoms. The minimum Gasteiger partial charge on any atom is -0.483 e. The van der Waals surface area contributed by atoms with Crippen molar-refractivity contribution in [3.8, 4) is 5.75 Å². The molecular weight excluding hydrogens is 406 g/mol. The minimum atomic E-state index is -0.591. The highest BCUT2D eigenvalue weighted by Crippen LogP contribution is 2.34. The second kappa shape index (κ2) is 9.27. The van der Waals surface area contributed by atoms with E-state index < -0.39 is 11.9 Å². The van der Waals surface area contributed by atoms with Crippen molar-refractivity contribution in [2.24, 2.45) is 10.7 Å². The number of amides is 2. The lowest BCUT2D eigenvalue weighted by Gasteiger charge is -2.08. The van der Waals surface area contributed by atoms with Crippen LogP contribution in [0.15, 0.2) is 58.4 Å². The van der Waals surface area contributed by atoms with Gasteiger partial charge in [0.15, 0.2) is 11.8 Å². The molecule has 2 N–H and O–H groups in total. The van der Waals surface area contributed by atoms with Gasteiger partial charge in [0, 0.05) is 12.6 Å². The third-order valence-electron chi connectivity index (χ3n) is 4.07. The number of primary amides is 1. The van der Waals surface area contributed by atoms with Gasteiger partial charge in [-0.25, -0.2) is 9.79 Å². The summed E-state index contributed by atoms with van der Waals surface area (Å²) in [6.07, 6.45) is 1.67. The lowest BCUT2D eigenvalue weighted by atomic mass is 10.2. The van der Waals surface area contributed by atoms with Crippen LogP contribution in [0.4, 0.5) is 5.69 Å². The van der Waals surface area contributed by atoms with Crippen molar-refractivity contribution >= 4 is 46.5 Å². The average Bonchev–Trinajstić information content (AvgIpc) is 3.00. The van der Waals surface area contributed by atoms with E-state index in [1.54, 1.807) is 61.7 Å². The molecule has 8 nitrogen and oxygen atoms in total. The van der Waals surface area contributed by atoms with Crippen LogP contribution in [-0.4, -0.2) is 48.6 Å². The molecule has 3 rings (SSSR count). The van der Waals surface area contributed by atoms with Crippen LogP contribution in [0.25, 0.3) is 6.08 Å². The number of aliphatic imine (C=N–C) groups is 1. The van der Waals surface area contributed by atoms with E-state index in [1.165, 1.54) is 23.8 Å². The van der Waals surface area contributed by atoms with E-state index in [0.29, 0.717) is 32.6 Å². The Labute approximate surface area is 177 Å². The van der Waals surface area contributed by atoms with Crippen LogP contribution in [0.1, 0.15) is 15.9 Å². The van der Waals surface area contributed by atoms with Crippen molar-refractivity contribution in [3.63, 3.8) is 0 Å². The fourth-order valence-electron chi connectivity index (χ4n) is 2.60. The number of carbonyl (C=O) groups is 3. The van der Waals surface area contributed by atoms with E-state index in [-0.39, 0.29) is 12.5 Å². The molecule has 30 heavy (non-hydrogen) atoms. The fraction of sp³-hybridized carbons (Fsp3) is 0.143. The Kier molecular flexibility index (Phi) is 6.53. The van der Waals surface area contributed by atoms with Gasteiger partial charge in [-0.15, -0.1) is 0 Å². The highest BCUT2D eigenvalue weighted by Gasteiger charge is 2.30. The van der Waals surface area contributed by atoms with Gasteiger partial charge in [-0.1, -0.05) is 24.3 Å². The molecule has 9 heteroatoms. The highest BCUT2D eigenvalue weighted by molar-refractivity contribution is 8.18. The van der Waals surface area contributed by atoms with Crippen molar-refractivity contribution in [1.29, 1.82) is 0 Å². The summed E-state index contributed by atoms with van der Waals surface area (Å²) in [5.41, 5.74) is 6.66. The SMILES string of the molecule is COC(=O)c1cccc(N=C2SC(=Cc3ccccc3OCC(N)=O)C(=O)N2C)c1. The van der Waals surface area contributed by atoms with E-state index in [4.69, 9.17) is 15.2 Å². The largest absolute Gasteiger partial charge is 0.483 e. The summed E-state index contributed by atoms with van der Waals surface area (Å²) >= 11 is 1.19. The number of thioether (sulfide) groups is 1. The number of carbonyl (C=O) groups excluding carboxylic acids is 3. The van der Waals surface area contributed by atoms with Crippen molar-refractivity contribution in [3.05, 3.63) is 64.6 Å². The first-order valence-electron chi connectivity index (χ1n) is 8.84. The molecule has 0 saturated carbocycles. The number of likely N-dealkylation sites (N-methyl/N-ethyl adjacent to an activating group) is 1. The molecule has 0 aromatic heterocycles. The number of nitrogens with two attached hydrogens (primary N) is 1. The van der Waals surface area contributed by atoms with E-state index in [9.17, 15) is 14.4 Å². The van der Waals surface area contributed by atoms with E-state index in [0.717, 1.165) is 0 Å². The van der Waals surface area contributed by atoms with Crippen molar-refractivity contribution in [2.45, 2.75) is 0 Å². The van der Waals surface area contributed by atoms with Gasteiger partial charge >= 0.3 is 5.97 Å². The molecule has 1 fully saturated rings. The van der Waals surface area contributed by atoms with Crippen molar-refractivity contribution in [2.75, 3.05) is 20.8 Å². The molecule has 0 bridgehead atoms. The Hall–Kier alpha value is -3.59. The molecule has 2 amide bonds. The van der Waals surface area contributed by atoms with Crippen LogP contribution < -0.4 is 10.5 Å². The predicted molar refractivity (Wildman–Crippen MR) is 114 cm³/mol. The molecule has 1 heterocycles. The summed E-state index contributed by atoms with van der Waals surface area (Å²) in [6, 6.07) is 13.7. The first-order valence-corrected chi connectivity index (χ1v) is 9.65. The molecule has 1 aliphatic heterocycles. The molecule has 1 saturated heterocycles. The maximum atomic E-state index is 12.7. The number of nitrogens with zero attached hydrogens (tertiary/aromatic N) is 2. The van der Waals surface area contributed by atoms with Crippen LogP contribution in [-0.2, 0) is 14.3 Å². The highest BCUT2D eigenvalue weighted by atomic mass is 32.2. The summed E-state index contributed by atoms with van der Waals surface area (Å²) in [7, 11) is 2.93. The number of amidine groups is 1. The Morgan fingerprint density at radius 2 is 1.97 bits per heavy atom. The van der Waals surface area contributed by atoms with Crippen LogP contribution in [0.5, 0.6) is 5.75 Å². The molecule has 2 aromatic carbocycles. The quantitative estimate of drug-likeness (QED) is 0.562. The van der Waals surface area contributed by atoms with Gasteiger partial charge in [0.1, 0.15) is 5.75 Å². The summed E-state index contributed by atoms with van der Waals surface area (Å²) in [5.74, 6) is -0.843. The molecule has 0 radical (unpaired) electrons. The number of hydrogen-bond acceptors (Lipinski definition) is 7. The third kappa shape index (κ3) is 4.87. The summed E-state index contributed by atoms with van der Waals surface area (Å²) in [4.78, 5) is 41.7. The average molecular weight is 425 g/mol. The monoisotopic (exact) mass is 425 g/mol. The van der Waals surface area contributed by atoms with Gasteiger partial charge in [-0.2, -0.15) is 0 Å². The normalized spacial score (nSPS) is 16.2. The number of rotatable bonds is 6. The van der Waals surface area contributed by atoms with Gasteiger partial charge in [-0.05, 0) is 42.1 Å². The molecule has 0 aliphatic carbocycles. The molecule has 0 unspecified atom stereocenters. The molecule has 154 valence electrons. The Bertz CT molecular complexity index is 1060. The maximum Gasteiger partial charge on any atom is 0.337 e. The number of methoxy groups -OCH3 is 1. The standard InChI is InChI=1S/C21H19N3O5S/c1-24-19(26)17(11-13-6-3-4-9-16(13)29-12-18(22)25)30-21(24)23-15-8-5-7-14(10-15)20(27)28-2/h3-11H,12H2,1-2H3,(H2,22,25). The number of hydrogen-bond donors (Lipinski definition) is 1. The molecule has 2 aromatic rings. The Morgan fingerprint density at radius 3 is 2.70 bits per heavy atom. The Morgan fingerprint density at radius 1 is 1.20 bits per heavy atom. The zero-order valence-electron chi connectivity index (χ0n) is 16.3. The second-order valence-corrected chi connectivity index (χ2v) is 7.21. The van der Waals surface area contributed by atoms with Gasteiger partial charge in [-0.3, -0.25) is 14.5 Å². The first-order chi connectivity index (χ1) is 14.4. The molecule has 1 aliphatic rings. The zero-order valence-corrected chi connectivity index (χ0v) is 17.1. The van der Waals surface area contributed by atoms with Gasteiger partial charge in [0.2, 0.25) is 0 Å². The van der Waals surface area contributed by atoms with Crippen LogP contribution in [0, 0.1) is 0 Å². The summed E-state index contributed by atoms with van der Waals surface area (Å²) in [6.45, 7) is -0.260. The van der Waals surface area contributed by atoms with E-state index in [2.05, 4.69) is 4.99 Å². The smallest absolute Gasteiger partial charge is 0.337 e. The van der Waals surface area contributed by atoms with Crippen LogP contribution in [0.3, 0.4) is 0 Å². The number of ether oxygens (including phenoxy) is 2. The lowest BCUT2D eigenvalue weighted by Crippen LogP contribution is -2.23. The topological polar surface area (TPSA) is 111 Å². The third-order valence-corrected chi connectivity index (χ3v) is 5.13. The number of para-hydroxylation sites is 1. The zero-order chi connectivity index (χ0) is 21.7. The summed E-state index contributed by atoms with van der Waals surface area (Å²) < 4.78 is 10.1. The maximum absolute atomic E-state index is 12.7. The summed E-state index contributed by atoms with van der Waals surface area (Å²) in [5, 5.41) is 0.462. The number of esters is 1. The van der Waals surface area contributed by atoms with E-state index >= 15 is 0 Å². The fourth-order valence-corrected chi connectivity index (χ4v) is 3.58.